The van der Waals surface area contributed by atoms with Gasteiger partial charge in [-0.2, -0.15) is 0 Å². The Balaban J connectivity index is 1.68. The van der Waals surface area contributed by atoms with Crippen LogP contribution in [0.25, 0.3) is 10.8 Å². The first-order chi connectivity index (χ1) is 9.81. The molecule has 0 spiro atoms. The summed E-state index contributed by atoms with van der Waals surface area (Å²) >= 11 is 6.13. The number of nitrogens with one attached hydrogen (secondary N) is 1. The molecular formula is C15H17ClN4. The molecule has 104 valence electrons. The average molecular weight is 289 g/mol. The minimum Gasteiger partial charge on any atom is -0.364 e. The summed E-state index contributed by atoms with van der Waals surface area (Å²) in [7, 11) is 0. The van der Waals surface area contributed by atoms with Gasteiger partial charge < -0.3 is 10.2 Å². The SMILES string of the molecule is Clc1nnc(NC2CN3CCC2CC3)c2ccccc12. The molecule has 3 aliphatic heterocycles. The fourth-order valence-electron chi connectivity index (χ4n) is 3.48. The normalized spacial score (nSPS) is 28.8. The first-order valence-electron chi connectivity index (χ1n) is 7.21. The number of nitrogens with zero attached hydrogens (tertiary/aromatic N) is 3. The Bertz CT molecular complexity index is 637. The first-order valence-corrected chi connectivity index (χ1v) is 7.59. The predicted octanol–water partition coefficient (Wildman–Crippen LogP) is 2.79. The molecule has 4 heterocycles. The minimum absolute atomic E-state index is 0.472. The van der Waals surface area contributed by atoms with Gasteiger partial charge in [0, 0.05) is 23.4 Å². The lowest BCUT2D eigenvalue weighted by Gasteiger charge is -2.45. The molecule has 4 nitrogen and oxygen atoms in total. The van der Waals surface area contributed by atoms with Crippen molar-refractivity contribution >= 4 is 28.2 Å². The zero-order chi connectivity index (χ0) is 13.5. The molecule has 1 N–H and O–H groups in total. The summed E-state index contributed by atoms with van der Waals surface area (Å²) in [6.07, 6.45) is 2.58. The van der Waals surface area contributed by atoms with E-state index in [-0.39, 0.29) is 0 Å². The standard InChI is InChI=1S/C15H17ClN4/c16-14-11-3-1-2-4-12(11)15(19-18-14)17-13-9-20-7-5-10(13)6-8-20/h1-4,10,13H,5-9H2,(H,17,19). The molecule has 3 fully saturated rings. The zero-order valence-electron chi connectivity index (χ0n) is 11.2. The van der Waals surface area contributed by atoms with E-state index in [1.807, 2.05) is 18.2 Å². The van der Waals surface area contributed by atoms with E-state index in [2.05, 4.69) is 26.5 Å². The lowest BCUT2D eigenvalue weighted by molar-refractivity contribution is 0.0974. The maximum absolute atomic E-state index is 6.13. The minimum atomic E-state index is 0.472. The highest BCUT2D eigenvalue weighted by atomic mass is 35.5. The lowest BCUT2D eigenvalue weighted by Crippen LogP contribution is -2.53. The Hall–Kier alpha value is -1.39. The largest absolute Gasteiger partial charge is 0.364 e. The van der Waals surface area contributed by atoms with Gasteiger partial charge in [0.25, 0.3) is 0 Å². The molecule has 3 aliphatic rings. The smallest absolute Gasteiger partial charge is 0.159 e. The molecule has 0 saturated carbocycles. The quantitative estimate of drug-likeness (QED) is 0.923. The average Bonchev–Trinajstić information content (AvgIpc) is 2.52. The summed E-state index contributed by atoms with van der Waals surface area (Å²) < 4.78 is 0. The van der Waals surface area contributed by atoms with E-state index in [0.717, 1.165) is 29.1 Å². The molecule has 1 aromatic heterocycles. The molecule has 20 heavy (non-hydrogen) atoms. The van der Waals surface area contributed by atoms with E-state index in [1.165, 1.54) is 25.9 Å². The molecule has 2 bridgehead atoms. The molecule has 2 aromatic rings. The number of anilines is 1. The molecule has 5 heteroatoms. The number of halogens is 1. The van der Waals surface area contributed by atoms with Crippen LogP contribution < -0.4 is 5.32 Å². The van der Waals surface area contributed by atoms with Gasteiger partial charge in [-0.3, -0.25) is 0 Å². The van der Waals surface area contributed by atoms with Crippen LogP contribution in [0, 0.1) is 5.92 Å². The second-order valence-corrected chi connectivity index (χ2v) is 6.13. The molecular weight excluding hydrogens is 272 g/mol. The summed E-state index contributed by atoms with van der Waals surface area (Å²) in [6, 6.07) is 8.53. The Labute approximate surface area is 123 Å². The monoisotopic (exact) mass is 288 g/mol. The Morgan fingerprint density at radius 3 is 2.55 bits per heavy atom. The second kappa shape index (κ2) is 4.86. The Kier molecular flexibility index (Phi) is 3.00. The van der Waals surface area contributed by atoms with Gasteiger partial charge in [-0.05, 0) is 31.8 Å². The van der Waals surface area contributed by atoms with Crippen LogP contribution in [0.1, 0.15) is 12.8 Å². The van der Waals surface area contributed by atoms with Crippen molar-refractivity contribution in [3.8, 4) is 0 Å². The fraction of sp³-hybridized carbons (Fsp3) is 0.467. The predicted molar refractivity (Wildman–Crippen MR) is 81.1 cm³/mol. The van der Waals surface area contributed by atoms with Crippen molar-refractivity contribution < 1.29 is 0 Å². The second-order valence-electron chi connectivity index (χ2n) is 5.77. The van der Waals surface area contributed by atoms with Crippen molar-refractivity contribution in [3.63, 3.8) is 0 Å². The van der Waals surface area contributed by atoms with Crippen molar-refractivity contribution in [2.24, 2.45) is 5.92 Å². The zero-order valence-corrected chi connectivity index (χ0v) is 12.0. The molecule has 1 unspecified atom stereocenters. The summed E-state index contributed by atoms with van der Waals surface area (Å²) in [5, 5.41) is 14.5. The van der Waals surface area contributed by atoms with Crippen LogP contribution in [0.3, 0.4) is 0 Å². The van der Waals surface area contributed by atoms with Gasteiger partial charge in [-0.1, -0.05) is 35.9 Å². The summed E-state index contributed by atoms with van der Waals surface area (Å²) in [4.78, 5) is 2.53. The Morgan fingerprint density at radius 1 is 1.10 bits per heavy atom. The summed E-state index contributed by atoms with van der Waals surface area (Å²) in [5.74, 6) is 1.62. The number of rotatable bonds is 2. The highest BCUT2D eigenvalue weighted by molar-refractivity contribution is 6.34. The van der Waals surface area contributed by atoms with Crippen molar-refractivity contribution in [3.05, 3.63) is 29.4 Å². The number of benzene rings is 1. The van der Waals surface area contributed by atoms with Gasteiger partial charge in [0.1, 0.15) is 0 Å². The highest BCUT2D eigenvalue weighted by Crippen LogP contribution is 2.32. The van der Waals surface area contributed by atoms with E-state index in [0.29, 0.717) is 11.2 Å². The lowest BCUT2D eigenvalue weighted by atomic mass is 9.84. The molecule has 5 rings (SSSR count). The van der Waals surface area contributed by atoms with Crippen molar-refractivity contribution in [2.45, 2.75) is 18.9 Å². The molecule has 0 radical (unpaired) electrons. The number of aromatic nitrogens is 2. The first kappa shape index (κ1) is 12.4. The molecule has 1 aromatic carbocycles. The number of fused-ring (bicyclic) bond motifs is 4. The third kappa shape index (κ3) is 2.03. The molecule has 1 atom stereocenters. The van der Waals surface area contributed by atoms with Crippen LogP contribution in [-0.2, 0) is 0 Å². The van der Waals surface area contributed by atoms with Crippen LogP contribution in [0.15, 0.2) is 24.3 Å². The molecule has 3 saturated heterocycles. The molecule has 0 aliphatic carbocycles. The van der Waals surface area contributed by atoms with E-state index in [1.54, 1.807) is 0 Å². The van der Waals surface area contributed by atoms with Gasteiger partial charge in [-0.15, -0.1) is 10.2 Å². The van der Waals surface area contributed by atoms with Crippen LogP contribution in [0.2, 0.25) is 5.15 Å². The van der Waals surface area contributed by atoms with Crippen LogP contribution >= 0.6 is 11.6 Å². The van der Waals surface area contributed by atoms with Crippen LogP contribution in [0.5, 0.6) is 0 Å². The van der Waals surface area contributed by atoms with Crippen molar-refractivity contribution in [1.29, 1.82) is 0 Å². The molecule has 0 amide bonds. The number of piperidine rings is 3. The van der Waals surface area contributed by atoms with Gasteiger partial charge >= 0.3 is 0 Å². The third-order valence-electron chi connectivity index (χ3n) is 4.62. The van der Waals surface area contributed by atoms with Gasteiger partial charge in [0.2, 0.25) is 0 Å². The van der Waals surface area contributed by atoms with E-state index >= 15 is 0 Å². The topological polar surface area (TPSA) is 41.1 Å². The van der Waals surface area contributed by atoms with E-state index < -0.39 is 0 Å². The van der Waals surface area contributed by atoms with E-state index in [9.17, 15) is 0 Å². The number of hydrogen-bond donors (Lipinski definition) is 1. The van der Waals surface area contributed by atoms with Crippen molar-refractivity contribution in [1.82, 2.24) is 15.1 Å². The maximum Gasteiger partial charge on any atom is 0.159 e. The van der Waals surface area contributed by atoms with Gasteiger partial charge in [0.05, 0.1) is 0 Å². The fourth-order valence-corrected chi connectivity index (χ4v) is 3.68. The van der Waals surface area contributed by atoms with Gasteiger partial charge in [0.15, 0.2) is 11.0 Å². The van der Waals surface area contributed by atoms with E-state index in [4.69, 9.17) is 11.6 Å². The summed E-state index contributed by atoms with van der Waals surface area (Å²) in [6.45, 7) is 3.61. The Morgan fingerprint density at radius 2 is 1.85 bits per heavy atom. The summed E-state index contributed by atoms with van der Waals surface area (Å²) in [5.41, 5.74) is 0. The highest BCUT2D eigenvalue weighted by Gasteiger charge is 2.34. The van der Waals surface area contributed by atoms with Crippen LogP contribution in [-0.4, -0.2) is 40.8 Å². The maximum atomic E-state index is 6.13. The van der Waals surface area contributed by atoms with Gasteiger partial charge in [-0.25, -0.2) is 0 Å². The third-order valence-corrected chi connectivity index (χ3v) is 4.90. The van der Waals surface area contributed by atoms with Crippen molar-refractivity contribution in [2.75, 3.05) is 25.0 Å². The number of hydrogen-bond acceptors (Lipinski definition) is 4. The van der Waals surface area contributed by atoms with Crippen LogP contribution in [0.4, 0.5) is 5.82 Å².